The lowest BCUT2D eigenvalue weighted by Gasteiger charge is -2.07. The maximum absolute atomic E-state index is 6.65. The van der Waals surface area contributed by atoms with Gasteiger partial charge in [-0.15, -0.1) is 0 Å². The summed E-state index contributed by atoms with van der Waals surface area (Å²) in [6.07, 6.45) is 0. The molecule has 0 atom stereocenters. The van der Waals surface area contributed by atoms with Gasteiger partial charge in [-0.2, -0.15) is 0 Å². The fourth-order valence-corrected chi connectivity index (χ4v) is 7.17. The van der Waals surface area contributed by atoms with Crippen LogP contribution in [-0.4, -0.2) is 0 Å². The zero-order chi connectivity index (χ0) is 25.7. The molecule has 0 aliphatic heterocycles. The monoisotopic (exact) mass is 560 g/mol. The van der Waals surface area contributed by atoms with Crippen LogP contribution >= 0.6 is 46.9 Å². The zero-order valence-electron chi connectivity index (χ0n) is 20.2. The van der Waals surface area contributed by atoms with Crippen LogP contribution in [0.4, 0.5) is 0 Å². The normalized spacial score (nSPS) is 10.9. The van der Waals surface area contributed by atoms with Crippen molar-refractivity contribution in [2.24, 2.45) is 0 Å². The molecule has 0 nitrogen and oxygen atoms in total. The van der Waals surface area contributed by atoms with Crippen molar-refractivity contribution in [2.75, 3.05) is 0 Å². The van der Waals surface area contributed by atoms with Gasteiger partial charge in [0, 0.05) is 14.7 Å². The first-order valence-electron chi connectivity index (χ1n) is 12.1. The third-order valence-corrected chi connectivity index (χ3v) is 9.21. The smallest absolute Gasteiger partial charge is 0.0737 e. The Kier molecular flexibility index (Phi) is 7.67. The van der Waals surface area contributed by atoms with Crippen molar-refractivity contribution in [2.45, 2.75) is 14.7 Å². The van der Waals surface area contributed by atoms with E-state index in [1.807, 2.05) is 0 Å². The number of fused-ring (bicyclic) bond motifs is 3. The molecule has 182 valence electrons. The van der Waals surface area contributed by atoms with E-state index in [1.54, 1.807) is 23.5 Å². The second-order valence-corrected chi connectivity index (χ2v) is 12.8. The molecule has 0 heterocycles. The van der Waals surface area contributed by atoms with Crippen LogP contribution in [-0.2, 0) is 0 Å². The average molecular weight is 561 g/mol. The molecule has 0 radical (unpaired) electrons. The summed E-state index contributed by atoms with van der Waals surface area (Å²) in [7, 11) is 0. The van der Waals surface area contributed by atoms with E-state index >= 15 is 0 Å². The van der Waals surface area contributed by atoms with E-state index in [2.05, 4.69) is 139 Å². The Morgan fingerprint density at radius 3 is 1.21 bits per heavy atom. The Bertz CT molecular complexity index is 1810. The molecule has 6 aromatic carbocycles. The van der Waals surface area contributed by atoms with E-state index in [9.17, 15) is 0 Å². The highest BCUT2D eigenvalue weighted by molar-refractivity contribution is 8.22. The predicted octanol–water partition coefficient (Wildman–Crippen LogP) is 11.5. The van der Waals surface area contributed by atoms with Crippen LogP contribution in [0.15, 0.2) is 162 Å². The summed E-state index contributed by atoms with van der Waals surface area (Å²) in [6, 6.07) is 44.6. The Morgan fingerprint density at radius 2 is 0.789 bits per heavy atom. The number of hydrogen-bond donors (Lipinski definition) is 0. The Labute approximate surface area is 240 Å². The highest BCUT2D eigenvalue weighted by atomic mass is 35.5. The van der Waals surface area contributed by atoms with Crippen LogP contribution < -0.4 is 0 Å². The lowest BCUT2D eigenvalue weighted by molar-refractivity contribution is 1.51. The van der Waals surface area contributed by atoms with E-state index in [0.29, 0.717) is 4.36 Å². The van der Waals surface area contributed by atoms with Gasteiger partial charge in [0.1, 0.15) is 8.60 Å². The number of rotatable bonds is 6. The molecule has 0 fully saturated rings. The van der Waals surface area contributed by atoms with E-state index < -0.39 is 0 Å². The van der Waals surface area contributed by atoms with Gasteiger partial charge in [-0.25, -0.2) is 0 Å². The molecule has 0 aliphatic carbocycles. The van der Waals surface area contributed by atoms with Crippen LogP contribution in [0.5, 0.6) is 0 Å². The van der Waals surface area contributed by atoms with Crippen molar-refractivity contribution in [3.05, 3.63) is 147 Å². The quantitative estimate of drug-likeness (QED) is 0.147. The highest BCUT2D eigenvalue weighted by Crippen LogP contribution is 2.40. The van der Waals surface area contributed by atoms with Gasteiger partial charge in [-0.1, -0.05) is 138 Å². The van der Waals surface area contributed by atoms with Gasteiger partial charge in [0.05, 0.1) is 0 Å². The van der Waals surface area contributed by atoms with E-state index in [1.165, 1.54) is 44.1 Å². The summed E-state index contributed by atoms with van der Waals surface area (Å²) in [4.78, 5) is 3.38. The summed E-state index contributed by atoms with van der Waals surface area (Å²) >= 11 is 11.5. The fourth-order valence-electron chi connectivity index (χ4n) is 4.21. The van der Waals surface area contributed by atoms with Crippen molar-refractivity contribution in [3.63, 3.8) is 0 Å². The molecule has 0 saturated heterocycles. The Balaban J connectivity index is 1.35. The molecule has 0 N–H and O–H groups in total. The highest BCUT2D eigenvalue weighted by Gasteiger charge is 2.07. The standard InChI is InChI=1S/C34H21ClS3/c35-33(36-30-16-13-24-7-1-4-10-27(24)21-30)19-20-34(37-31-17-14-25-8-2-5-11-28(25)22-31)38-32-18-15-26-9-3-6-12-29(26)23-32/h1-18,21-23H. The van der Waals surface area contributed by atoms with E-state index in [0.717, 1.165) is 18.9 Å². The summed E-state index contributed by atoms with van der Waals surface area (Å²) in [5, 5.41) is 7.31. The second kappa shape index (κ2) is 11.6. The van der Waals surface area contributed by atoms with Gasteiger partial charge in [0.15, 0.2) is 0 Å². The minimum Gasteiger partial charge on any atom is -0.0737 e. The molecule has 6 aromatic rings. The fraction of sp³-hybridized carbons (Fsp3) is 0. The molecule has 4 heteroatoms. The minimum absolute atomic E-state index is 0.552. The lowest BCUT2D eigenvalue weighted by atomic mass is 10.1. The predicted molar refractivity (Wildman–Crippen MR) is 169 cm³/mol. The summed E-state index contributed by atoms with van der Waals surface area (Å²) in [5.74, 6) is 0. The van der Waals surface area contributed by atoms with Crippen LogP contribution in [0.1, 0.15) is 0 Å². The van der Waals surface area contributed by atoms with Crippen molar-refractivity contribution in [3.8, 4) is 0 Å². The minimum atomic E-state index is 0.552. The number of halogens is 1. The molecule has 0 spiro atoms. The van der Waals surface area contributed by atoms with Crippen LogP contribution in [0.25, 0.3) is 32.3 Å². The first-order valence-corrected chi connectivity index (χ1v) is 14.9. The summed E-state index contributed by atoms with van der Waals surface area (Å²) in [5.41, 5.74) is 6.58. The number of benzene rings is 6. The van der Waals surface area contributed by atoms with Gasteiger partial charge in [-0.05, 0) is 80.2 Å². The molecular formula is C34H21ClS3. The lowest BCUT2D eigenvalue weighted by Crippen LogP contribution is -1.78. The Hall–Kier alpha value is -3.26. The first kappa shape index (κ1) is 25.0. The van der Waals surface area contributed by atoms with Crippen LogP contribution in [0, 0.1) is 0 Å². The molecule has 0 aliphatic rings. The third-order valence-electron chi connectivity index (χ3n) is 6.05. The van der Waals surface area contributed by atoms with Crippen molar-refractivity contribution < 1.29 is 0 Å². The maximum Gasteiger partial charge on any atom is 0.129 e. The van der Waals surface area contributed by atoms with E-state index in [-0.39, 0.29) is 0 Å². The topological polar surface area (TPSA) is 0 Å². The molecule has 0 bridgehead atoms. The SMILES string of the molecule is ClC(=C=C=C(Sc1ccc2ccccc2c1)Sc1ccc2ccccc2c1)Sc1ccc2ccccc2c1. The van der Waals surface area contributed by atoms with Crippen molar-refractivity contribution in [1.29, 1.82) is 0 Å². The maximum atomic E-state index is 6.65. The van der Waals surface area contributed by atoms with Gasteiger partial charge < -0.3 is 0 Å². The summed E-state index contributed by atoms with van der Waals surface area (Å²) < 4.78 is 1.53. The average Bonchev–Trinajstić information content (AvgIpc) is 2.96. The Morgan fingerprint density at radius 1 is 0.421 bits per heavy atom. The van der Waals surface area contributed by atoms with Gasteiger partial charge in [-0.3, -0.25) is 0 Å². The van der Waals surface area contributed by atoms with E-state index in [4.69, 9.17) is 11.6 Å². The van der Waals surface area contributed by atoms with Crippen molar-refractivity contribution in [1.82, 2.24) is 0 Å². The molecular weight excluding hydrogens is 540 g/mol. The molecule has 6 rings (SSSR count). The van der Waals surface area contributed by atoms with Crippen molar-refractivity contribution >= 4 is 79.2 Å². The molecule has 38 heavy (non-hydrogen) atoms. The largest absolute Gasteiger partial charge is 0.129 e. The van der Waals surface area contributed by atoms with Crippen LogP contribution in [0.3, 0.4) is 0 Å². The van der Waals surface area contributed by atoms with Crippen LogP contribution in [0.2, 0.25) is 0 Å². The first-order chi connectivity index (χ1) is 18.7. The van der Waals surface area contributed by atoms with Gasteiger partial charge in [0.25, 0.3) is 0 Å². The molecule has 0 saturated carbocycles. The molecule has 0 unspecified atom stereocenters. The number of thioether (sulfide) groups is 3. The van der Waals surface area contributed by atoms with Gasteiger partial charge >= 0.3 is 0 Å². The molecule has 0 amide bonds. The zero-order valence-corrected chi connectivity index (χ0v) is 23.4. The van der Waals surface area contributed by atoms with Gasteiger partial charge in [0.2, 0.25) is 0 Å². The summed E-state index contributed by atoms with van der Waals surface area (Å²) in [6.45, 7) is 0. The molecule has 0 aromatic heterocycles. The second-order valence-electron chi connectivity index (χ2n) is 8.64. The number of hydrogen-bond acceptors (Lipinski definition) is 3. The third kappa shape index (κ3) is 6.07.